The highest BCUT2D eigenvalue weighted by atomic mass is 32.2. The Morgan fingerprint density at radius 2 is 1.68 bits per heavy atom. The molecule has 7 heteroatoms. The van der Waals surface area contributed by atoms with Gasteiger partial charge in [0.05, 0.1) is 19.1 Å². The molecule has 0 bridgehead atoms. The minimum absolute atomic E-state index is 0.0279. The number of aryl methyl sites for hydroxylation is 1. The summed E-state index contributed by atoms with van der Waals surface area (Å²) in [4.78, 5) is 12.3. The van der Waals surface area contributed by atoms with E-state index < -0.39 is 15.7 Å². The Kier molecular flexibility index (Phi) is 4.26. The van der Waals surface area contributed by atoms with E-state index in [0.29, 0.717) is 22.7 Å². The molecule has 0 radical (unpaired) electrons. The molecule has 1 aliphatic rings. The van der Waals surface area contributed by atoms with Crippen LogP contribution in [0.2, 0.25) is 0 Å². The average Bonchev–Trinajstić information content (AvgIpc) is 2.86. The zero-order valence-corrected chi connectivity index (χ0v) is 14.8. The van der Waals surface area contributed by atoms with Gasteiger partial charge in [0.25, 0.3) is 5.91 Å². The normalized spacial score (nSPS) is 14.4. The summed E-state index contributed by atoms with van der Waals surface area (Å²) < 4.78 is 35.8. The number of fused-ring (bicyclic) bond motifs is 1. The molecule has 0 aromatic heterocycles. The Labute approximate surface area is 146 Å². The van der Waals surface area contributed by atoms with Crippen molar-refractivity contribution >= 4 is 27.5 Å². The molecule has 0 unspecified atom stereocenters. The number of benzene rings is 2. The second-order valence-electron chi connectivity index (χ2n) is 5.53. The van der Waals surface area contributed by atoms with Crippen molar-refractivity contribution < 1.29 is 22.7 Å². The van der Waals surface area contributed by atoms with Gasteiger partial charge >= 0.3 is 0 Å². The van der Waals surface area contributed by atoms with Gasteiger partial charge in [0.15, 0.2) is 11.5 Å². The van der Waals surface area contributed by atoms with Gasteiger partial charge in [-0.2, -0.15) is 0 Å². The van der Waals surface area contributed by atoms with E-state index in [4.69, 9.17) is 9.47 Å². The SMILES string of the molecule is COc1cc2c(cc1OC)S(=O)(=O)C(C(=O)Nc1ccccc1C)=C2. The topological polar surface area (TPSA) is 81.7 Å². The van der Waals surface area contributed by atoms with E-state index in [1.807, 2.05) is 19.1 Å². The molecular formula is C18H17NO5S. The first-order valence-electron chi connectivity index (χ1n) is 7.48. The number of para-hydroxylation sites is 1. The fraction of sp³-hybridized carbons (Fsp3) is 0.167. The van der Waals surface area contributed by atoms with Crippen molar-refractivity contribution in [3.63, 3.8) is 0 Å². The monoisotopic (exact) mass is 359 g/mol. The lowest BCUT2D eigenvalue weighted by molar-refractivity contribution is -0.112. The first-order chi connectivity index (χ1) is 11.9. The van der Waals surface area contributed by atoms with Crippen LogP contribution in [0.4, 0.5) is 5.69 Å². The predicted molar refractivity (Wildman–Crippen MR) is 94.5 cm³/mol. The van der Waals surface area contributed by atoms with Crippen LogP contribution in [0.1, 0.15) is 11.1 Å². The molecule has 0 saturated carbocycles. The Balaban J connectivity index is 2.01. The molecule has 0 spiro atoms. The van der Waals surface area contributed by atoms with Gasteiger partial charge in [-0.15, -0.1) is 0 Å². The molecule has 0 atom stereocenters. The maximum absolute atomic E-state index is 12.7. The van der Waals surface area contributed by atoms with Gasteiger partial charge < -0.3 is 14.8 Å². The first kappa shape index (κ1) is 17.0. The number of sulfone groups is 1. The molecule has 6 nitrogen and oxygen atoms in total. The van der Waals surface area contributed by atoms with Crippen molar-refractivity contribution in [1.82, 2.24) is 0 Å². The van der Waals surface area contributed by atoms with Gasteiger partial charge in [-0.3, -0.25) is 4.79 Å². The second-order valence-corrected chi connectivity index (χ2v) is 7.41. The molecule has 2 aromatic rings. The van der Waals surface area contributed by atoms with E-state index in [2.05, 4.69) is 5.32 Å². The fourth-order valence-electron chi connectivity index (χ4n) is 2.64. The molecule has 0 aliphatic carbocycles. The van der Waals surface area contributed by atoms with E-state index in [9.17, 15) is 13.2 Å². The van der Waals surface area contributed by atoms with Crippen LogP contribution in [0.15, 0.2) is 46.2 Å². The van der Waals surface area contributed by atoms with E-state index in [0.717, 1.165) is 5.56 Å². The summed E-state index contributed by atoms with van der Waals surface area (Å²) in [5.74, 6) is 0.00971. The maximum atomic E-state index is 12.7. The number of amides is 1. The van der Waals surface area contributed by atoms with Crippen LogP contribution in [-0.2, 0) is 14.6 Å². The number of hydrogen-bond acceptors (Lipinski definition) is 5. The van der Waals surface area contributed by atoms with Crippen LogP contribution >= 0.6 is 0 Å². The summed E-state index contributed by atoms with van der Waals surface area (Å²) in [6.07, 6.45) is 1.35. The van der Waals surface area contributed by atoms with Crippen molar-refractivity contribution in [3.05, 3.63) is 52.4 Å². The lowest BCUT2D eigenvalue weighted by Crippen LogP contribution is -2.19. The lowest BCUT2D eigenvalue weighted by atomic mass is 10.1. The third-order valence-corrected chi connectivity index (χ3v) is 5.81. The van der Waals surface area contributed by atoms with Crippen molar-refractivity contribution in [3.8, 4) is 11.5 Å². The summed E-state index contributed by atoms with van der Waals surface area (Å²) in [7, 11) is -1.04. The minimum Gasteiger partial charge on any atom is -0.493 e. The molecule has 0 fully saturated rings. The van der Waals surface area contributed by atoms with Gasteiger partial charge in [0.2, 0.25) is 9.84 Å². The van der Waals surface area contributed by atoms with Crippen molar-refractivity contribution in [2.24, 2.45) is 0 Å². The van der Waals surface area contributed by atoms with Crippen LogP contribution in [0.3, 0.4) is 0 Å². The number of methoxy groups -OCH3 is 2. The van der Waals surface area contributed by atoms with Gasteiger partial charge in [-0.25, -0.2) is 8.42 Å². The Bertz CT molecular complexity index is 993. The summed E-state index contributed by atoms with van der Waals surface area (Å²) in [5, 5.41) is 2.65. The maximum Gasteiger partial charge on any atom is 0.267 e. The average molecular weight is 359 g/mol. The first-order valence-corrected chi connectivity index (χ1v) is 8.96. The van der Waals surface area contributed by atoms with E-state index in [-0.39, 0.29) is 9.80 Å². The molecule has 2 aromatic carbocycles. The predicted octanol–water partition coefficient (Wildman–Crippen LogP) is 2.78. The molecular weight excluding hydrogens is 342 g/mol. The third-order valence-electron chi connectivity index (χ3n) is 4.00. The van der Waals surface area contributed by atoms with Crippen LogP contribution in [0.25, 0.3) is 6.08 Å². The molecule has 1 aliphatic heterocycles. The number of hydrogen-bond donors (Lipinski definition) is 1. The Hall–Kier alpha value is -2.80. The number of carbonyl (C=O) groups is 1. The summed E-state index contributed by atoms with van der Waals surface area (Å²) in [6.45, 7) is 1.83. The smallest absolute Gasteiger partial charge is 0.267 e. The standard InChI is InChI=1S/C18H17NO5S/c1-11-6-4-5-7-13(11)19-18(20)17-9-12-8-14(23-2)15(24-3)10-16(12)25(17,21)22/h4-10H,1-3H3,(H,19,20). The van der Waals surface area contributed by atoms with Gasteiger partial charge in [-0.05, 0) is 36.3 Å². The third kappa shape index (κ3) is 2.87. The molecule has 25 heavy (non-hydrogen) atoms. The molecule has 3 rings (SSSR count). The van der Waals surface area contributed by atoms with Crippen LogP contribution < -0.4 is 14.8 Å². The van der Waals surface area contributed by atoms with Gasteiger partial charge in [-0.1, -0.05) is 18.2 Å². The Morgan fingerprint density at radius 1 is 1.04 bits per heavy atom. The summed E-state index contributed by atoms with van der Waals surface area (Å²) in [6, 6.07) is 10.1. The minimum atomic E-state index is -3.92. The van der Waals surface area contributed by atoms with Crippen LogP contribution in [0.5, 0.6) is 11.5 Å². The van der Waals surface area contributed by atoms with E-state index in [1.165, 1.54) is 26.4 Å². The molecule has 1 amide bonds. The number of carbonyl (C=O) groups excluding carboxylic acids is 1. The highest BCUT2D eigenvalue weighted by Crippen LogP contribution is 2.40. The Morgan fingerprint density at radius 3 is 2.32 bits per heavy atom. The second kappa shape index (κ2) is 6.25. The largest absolute Gasteiger partial charge is 0.493 e. The highest BCUT2D eigenvalue weighted by molar-refractivity contribution is 7.96. The zero-order chi connectivity index (χ0) is 18.2. The quantitative estimate of drug-likeness (QED) is 0.908. The number of nitrogens with one attached hydrogen (secondary N) is 1. The number of anilines is 1. The highest BCUT2D eigenvalue weighted by Gasteiger charge is 2.35. The van der Waals surface area contributed by atoms with Crippen molar-refractivity contribution in [1.29, 1.82) is 0 Å². The van der Waals surface area contributed by atoms with Gasteiger partial charge in [0.1, 0.15) is 4.91 Å². The lowest BCUT2D eigenvalue weighted by Gasteiger charge is -2.10. The molecule has 1 N–H and O–H groups in total. The van der Waals surface area contributed by atoms with Crippen molar-refractivity contribution in [2.75, 3.05) is 19.5 Å². The van der Waals surface area contributed by atoms with Crippen LogP contribution in [0, 0.1) is 6.92 Å². The van der Waals surface area contributed by atoms with Crippen molar-refractivity contribution in [2.45, 2.75) is 11.8 Å². The summed E-state index contributed by atoms with van der Waals surface area (Å²) in [5.41, 5.74) is 1.80. The van der Waals surface area contributed by atoms with Crippen LogP contribution in [-0.4, -0.2) is 28.5 Å². The molecule has 1 heterocycles. The zero-order valence-electron chi connectivity index (χ0n) is 14.0. The fourth-order valence-corrected chi connectivity index (χ4v) is 4.15. The molecule has 130 valence electrons. The van der Waals surface area contributed by atoms with E-state index in [1.54, 1.807) is 18.2 Å². The number of rotatable bonds is 4. The number of ether oxygens (including phenoxy) is 2. The van der Waals surface area contributed by atoms with E-state index >= 15 is 0 Å². The van der Waals surface area contributed by atoms with Gasteiger partial charge in [0, 0.05) is 11.8 Å². The summed E-state index contributed by atoms with van der Waals surface area (Å²) >= 11 is 0. The molecule has 0 saturated heterocycles.